The van der Waals surface area contributed by atoms with E-state index in [1.54, 1.807) is 12.1 Å². The molecule has 9 heteroatoms. The zero-order valence-corrected chi connectivity index (χ0v) is 17.4. The van der Waals surface area contributed by atoms with Crippen molar-refractivity contribution >= 4 is 15.9 Å². The van der Waals surface area contributed by atoms with Crippen molar-refractivity contribution in [3.63, 3.8) is 0 Å². The molecule has 2 fully saturated rings. The summed E-state index contributed by atoms with van der Waals surface area (Å²) in [4.78, 5) is 14.2. The molecule has 1 amide bonds. The number of quaternary nitrogens is 1. The van der Waals surface area contributed by atoms with E-state index < -0.39 is 10.0 Å². The third kappa shape index (κ3) is 4.90. The highest BCUT2D eigenvalue weighted by Gasteiger charge is 2.33. The number of nitrogens with one attached hydrogen (secondary N) is 2. The normalized spacial score (nSPS) is 20.1. The van der Waals surface area contributed by atoms with Gasteiger partial charge < -0.3 is 19.7 Å². The van der Waals surface area contributed by atoms with E-state index >= 15 is 0 Å². The third-order valence-corrected chi connectivity index (χ3v) is 7.34. The number of carbonyl (C=O) groups excluding carboxylic acids is 1. The van der Waals surface area contributed by atoms with Crippen LogP contribution in [0.1, 0.15) is 24.2 Å². The summed E-state index contributed by atoms with van der Waals surface area (Å²) in [5, 5.41) is 2.97. The Morgan fingerprint density at radius 1 is 1.14 bits per heavy atom. The van der Waals surface area contributed by atoms with E-state index in [1.807, 2.05) is 0 Å². The summed E-state index contributed by atoms with van der Waals surface area (Å²) in [7, 11) is -3.62. The quantitative estimate of drug-likeness (QED) is 0.634. The molecule has 1 aromatic carbocycles. The first-order valence-corrected chi connectivity index (χ1v) is 11.1. The van der Waals surface area contributed by atoms with Gasteiger partial charge in [-0.3, -0.25) is 4.79 Å². The summed E-state index contributed by atoms with van der Waals surface area (Å²) in [6.07, 6.45) is 0. The number of carbonyl (C=O) groups is 1. The average Bonchev–Trinajstić information content (AvgIpc) is 2.73. The maximum absolute atomic E-state index is 12.8. The number of morpholine rings is 2. The number of benzene rings is 1. The highest BCUT2D eigenvalue weighted by Crippen LogP contribution is 2.18. The lowest BCUT2D eigenvalue weighted by Gasteiger charge is -2.37. The first-order chi connectivity index (χ1) is 13.3. The van der Waals surface area contributed by atoms with Gasteiger partial charge in [-0.15, -0.1) is 0 Å². The van der Waals surface area contributed by atoms with E-state index in [9.17, 15) is 13.2 Å². The molecule has 156 valence electrons. The Morgan fingerprint density at radius 3 is 2.46 bits per heavy atom. The second-order valence-corrected chi connectivity index (χ2v) is 9.76. The molecule has 28 heavy (non-hydrogen) atoms. The summed E-state index contributed by atoms with van der Waals surface area (Å²) < 4.78 is 37.7. The maximum Gasteiger partial charge on any atom is 0.251 e. The third-order valence-electron chi connectivity index (χ3n) is 5.45. The maximum atomic E-state index is 12.8. The van der Waals surface area contributed by atoms with Gasteiger partial charge in [-0.25, -0.2) is 8.42 Å². The molecule has 8 nitrogen and oxygen atoms in total. The van der Waals surface area contributed by atoms with Crippen molar-refractivity contribution in [2.24, 2.45) is 0 Å². The first-order valence-electron chi connectivity index (χ1n) is 9.70. The van der Waals surface area contributed by atoms with Gasteiger partial charge in [-0.1, -0.05) is 6.07 Å². The molecular weight excluding hydrogens is 382 g/mol. The van der Waals surface area contributed by atoms with Crippen LogP contribution in [-0.4, -0.2) is 83.3 Å². The zero-order chi connectivity index (χ0) is 20.2. The standard InChI is InChI=1S/C19H29N3O5S/c1-19(2,21-6-10-26-11-7-21)15-20-18(23)16-4-3-5-17(14-16)28(24,25)22-8-12-27-13-9-22/h3-5,14H,6-13,15H2,1-2H3,(H,20,23)/p+1. The number of hydrogen-bond donors (Lipinski definition) is 2. The van der Waals surface area contributed by atoms with Crippen LogP contribution in [0.4, 0.5) is 0 Å². The molecule has 2 aliphatic rings. The number of ether oxygens (including phenoxy) is 2. The SMILES string of the molecule is CC(C)(CNC(=O)c1cccc(S(=O)(=O)N2CCOCC2)c1)[NH+]1CCOCC1. The van der Waals surface area contributed by atoms with Crippen molar-refractivity contribution in [3.05, 3.63) is 29.8 Å². The van der Waals surface area contributed by atoms with Crippen molar-refractivity contribution in [1.29, 1.82) is 0 Å². The second kappa shape index (κ2) is 8.87. The zero-order valence-electron chi connectivity index (χ0n) is 16.6. The molecule has 2 saturated heterocycles. The van der Waals surface area contributed by atoms with Crippen LogP contribution in [0.15, 0.2) is 29.2 Å². The average molecular weight is 413 g/mol. The number of nitrogens with zero attached hydrogens (tertiary/aromatic N) is 1. The molecule has 2 N–H and O–H groups in total. The molecule has 0 bridgehead atoms. The number of amides is 1. The minimum absolute atomic E-state index is 0.128. The Balaban J connectivity index is 1.66. The van der Waals surface area contributed by atoms with E-state index in [-0.39, 0.29) is 16.3 Å². The van der Waals surface area contributed by atoms with Crippen LogP contribution in [0.5, 0.6) is 0 Å². The molecule has 0 radical (unpaired) electrons. The lowest BCUT2D eigenvalue weighted by Crippen LogP contribution is -3.22. The van der Waals surface area contributed by atoms with Crippen LogP contribution in [0.2, 0.25) is 0 Å². The van der Waals surface area contributed by atoms with Crippen LogP contribution < -0.4 is 10.2 Å². The Labute approximate surface area is 166 Å². The highest BCUT2D eigenvalue weighted by molar-refractivity contribution is 7.89. The van der Waals surface area contributed by atoms with Gasteiger partial charge in [-0.05, 0) is 32.0 Å². The number of sulfonamides is 1. The molecular formula is C19H30N3O5S+. The Kier molecular flexibility index (Phi) is 6.72. The van der Waals surface area contributed by atoms with Crippen LogP contribution >= 0.6 is 0 Å². The van der Waals surface area contributed by atoms with Gasteiger partial charge in [0.15, 0.2) is 0 Å². The predicted molar refractivity (Wildman–Crippen MR) is 104 cm³/mol. The first kappa shape index (κ1) is 21.2. The lowest BCUT2D eigenvalue weighted by molar-refractivity contribution is -0.954. The molecule has 2 heterocycles. The van der Waals surface area contributed by atoms with Crippen molar-refractivity contribution in [2.75, 3.05) is 59.2 Å². The molecule has 0 atom stereocenters. The summed E-state index contributed by atoms with van der Waals surface area (Å²) in [5.74, 6) is -0.264. The topological polar surface area (TPSA) is 89.4 Å². The minimum atomic E-state index is -3.62. The number of hydrogen-bond acceptors (Lipinski definition) is 5. The fourth-order valence-electron chi connectivity index (χ4n) is 3.56. The van der Waals surface area contributed by atoms with Gasteiger partial charge >= 0.3 is 0 Å². The van der Waals surface area contributed by atoms with Gasteiger partial charge in [0.1, 0.15) is 18.6 Å². The summed E-state index contributed by atoms with van der Waals surface area (Å²) in [6, 6.07) is 6.24. The second-order valence-electron chi connectivity index (χ2n) is 7.83. The molecule has 0 aromatic heterocycles. The van der Waals surface area contributed by atoms with E-state index in [1.165, 1.54) is 21.3 Å². The van der Waals surface area contributed by atoms with Crippen LogP contribution in [-0.2, 0) is 19.5 Å². The van der Waals surface area contributed by atoms with Crippen molar-refractivity contribution in [1.82, 2.24) is 9.62 Å². The summed E-state index contributed by atoms with van der Waals surface area (Å²) in [5.41, 5.74) is 0.221. The van der Waals surface area contributed by atoms with Crippen LogP contribution in [0.3, 0.4) is 0 Å². The molecule has 1 aromatic rings. The lowest BCUT2D eigenvalue weighted by atomic mass is 10.0. The van der Waals surface area contributed by atoms with E-state index in [4.69, 9.17) is 9.47 Å². The van der Waals surface area contributed by atoms with Gasteiger partial charge in [0.25, 0.3) is 5.91 Å². The fraction of sp³-hybridized carbons (Fsp3) is 0.632. The summed E-state index contributed by atoms with van der Waals surface area (Å²) in [6.45, 7) is 9.46. The van der Waals surface area contributed by atoms with E-state index in [0.29, 0.717) is 38.4 Å². The Hall–Kier alpha value is -1.52. The number of rotatable bonds is 6. The monoisotopic (exact) mass is 412 g/mol. The molecule has 3 rings (SSSR count). The minimum Gasteiger partial charge on any atom is -0.379 e. The molecule has 2 aliphatic heterocycles. The smallest absolute Gasteiger partial charge is 0.251 e. The van der Waals surface area contributed by atoms with Crippen LogP contribution in [0, 0.1) is 0 Å². The van der Waals surface area contributed by atoms with Gasteiger partial charge in [0, 0.05) is 18.7 Å². The van der Waals surface area contributed by atoms with E-state index in [0.717, 1.165) is 26.3 Å². The van der Waals surface area contributed by atoms with Crippen LogP contribution in [0.25, 0.3) is 0 Å². The molecule has 0 saturated carbocycles. The van der Waals surface area contributed by atoms with Crippen molar-refractivity contribution in [2.45, 2.75) is 24.3 Å². The summed E-state index contributed by atoms with van der Waals surface area (Å²) >= 11 is 0. The van der Waals surface area contributed by atoms with Gasteiger partial charge in [0.05, 0.1) is 37.9 Å². The predicted octanol–water partition coefficient (Wildman–Crippen LogP) is -0.869. The Morgan fingerprint density at radius 2 is 1.79 bits per heavy atom. The molecule has 0 unspecified atom stereocenters. The molecule has 0 spiro atoms. The molecule has 0 aliphatic carbocycles. The largest absolute Gasteiger partial charge is 0.379 e. The van der Waals surface area contributed by atoms with Crippen molar-refractivity contribution < 1.29 is 27.6 Å². The van der Waals surface area contributed by atoms with Crippen molar-refractivity contribution in [3.8, 4) is 0 Å². The van der Waals surface area contributed by atoms with Gasteiger partial charge in [-0.2, -0.15) is 4.31 Å². The fourth-order valence-corrected chi connectivity index (χ4v) is 5.01. The highest BCUT2D eigenvalue weighted by atomic mass is 32.2. The van der Waals surface area contributed by atoms with Gasteiger partial charge in [0.2, 0.25) is 10.0 Å². The Bertz CT molecular complexity index is 785. The van der Waals surface area contributed by atoms with E-state index in [2.05, 4.69) is 19.2 Å².